The van der Waals surface area contributed by atoms with Crippen molar-refractivity contribution in [3.63, 3.8) is 0 Å². The first kappa shape index (κ1) is 16.7. The standard InChI is InChI=1S/C14H23N3O2S/c1-5-20-12-8-6-7-11(13(12)14(15)16-18)17(3)10(2)9-19-4/h6-8,10,18H,5,9H2,1-4H3,(H2,15,16). The van der Waals surface area contributed by atoms with Crippen molar-refractivity contribution in [3.05, 3.63) is 23.8 Å². The fourth-order valence-corrected chi connectivity index (χ4v) is 2.83. The smallest absolute Gasteiger partial charge is 0.173 e. The molecular weight excluding hydrogens is 274 g/mol. The Morgan fingerprint density at radius 2 is 2.25 bits per heavy atom. The fraction of sp³-hybridized carbons (Fsp3) is 0.500. The number of nitrogens with zero attached hydrogens (tertiary/aromatic N) is 2. The van der Waals surface area contributed by atoms with Crippen LogP contribution in [0, 0.1) is 0 Å². The van der Waals surface area contributed by atoms with Gasteiger partial charge in [-0.1, -0.05) is 18.1 Å². The Labute approximate surface area is 124 Å². The van der Waals surface area contributed by atoms with Crippen LogP contribution in [-0.2, 0) is 4.74 Å². The van der Waals surface area contributed by atoms with Gasteiger partial charge in [0.05, 0.1) is 12.2 Å². The van der Waals surface area contributed by atoms with Crippen LogP contribution in [0.2, 0.25) is 0 Å². The van der Waals surface area contributed by atoms with Crippen molar-refractivity contribution in [2.75, 3.05) is 31.4 Å². The minimum absolute atomic E-state index is 0.132. The molecule has 0 amide bonds. The van der Waals surface area contributed by atoms with Crippen molar-refractivity contribution < 1.29 is 9.94 Å². The van der Waals surface area contributed by atoms with Crippen LogP contribution in [0.5, 0.6) is 0 Å². The highest BCUT2D eigenvalue weighted by atomic mass is 32.2. The van der Waals surface area contributed by atoms with Crippen molar-refractivity contribution in [3.8, 4) is 0 Å². The summed E-state index contributed by atoms with van der Waals surface area (Å²) in [7, 11) is 3.66. The number of thioether (sulfide) groups is 1. The van der Waals surface area contributed by atoms with Crippen molar-refractivity contribution in [2.24, 2.45) is 10.9 Å². The summed E-state index contributed by atoms with van der Waals surface area (Å²) in [6, 6.07) is 6.13. The van der Waals surface area contributed by atoms with Gasteiger partial charge in [-0.2, -0.15) is 0 Å². The monoisotopic (exact) mass is 297 g/mol. The van der Waals surface area contributed by atoms with Crippen LogP contribution in [0.25, 0.3) is 0 Å². The highest BCUT2D eigenvalue weighted by molar-refractivity contribution is 7.99. The molecule has 0 fully saturated rings. The third kappa shape index (κ3) is 3.80. The normalized spacial score (nSPS) is 13.3. The second kappa shape index (κ2) is 8.01. The molecule has 1 atom stereocenters. The first-order valence-corrected chi connectivity index (χ1v) is 7.50. The molecule has 20 heavy (non-hydrogen) atoms. The van der Waals surface area contributed by atoms with E-state index in [2.05, 4.69) is 23.9 Å². The molecule has 0 aliphatic rings. The molecule has 1 rings (SSSR count). The van der Waals surface area contributed by atoms with Crippen molar-refractivity contribution in [1.29, 1.82) is 0 Å². The largest absolute Gasteiger partial charge is 0.409 e. The molecule has 1 unspecified atom stereocenters. The summed E-state index contributed by atoms with van der Waals surface area (Å²) in [4.78, 5) is 3.09. The summed E-state index contributed by atoms with van der Waals surface area (Å²) in [5.41, 5.74) is 7.57. The van der Waals surface area contributed by atoms with Crippen LogP contribution in [0.4, 0.5) is 5.69 Å². The lowest BCUT2D eigenvalue weighted by molar-refractivity contribution is 0.183. The van der Waals surface area contributed by atoms with Crippen molar-refractivity contribution in [2.45, 2.75) is 24.8 Å². The van der Waals surface area contributed by atoms with Crippen LogP contribution in [0.3, 0.4) is 0 Å². The van der Waals surface area contributed by atoms with E-state index in [0.29, 0.717) is 6.61 Å². The number of rotatable bonds is 7. The number of likely N-dealkylation sites (N-methyl/N-ethyl adjacent to an activating group) is 1. The molecular formula is C14H23N3O2S. The number of hydrogen-bond acceptors (Lipinski definition) is 5. The van der Waals surface area contributed by atoms with Gasteiger partial charge in [-0.25, -0.2) is 0 Å². The van der Waals surface area contributed by atoms with E-state index >= 15 is 0 Å². The van der Waals surface area contributed by atoms with Crippen LogP contribution >= 0.6 is 11.8 Å². The van der Waals surface area contributed by atoms with E-state index in [4.69, 9.17) is 15.7 Å². The maximum atomic E-state index is 9.04. The first-order chi connectivity index (χ1) is 9.56. The summed E-state index contributed by atoms with van der Waals surface area (Å²) in [6.45, 7) is 4.75. The highest BCUT2D eigenvalue weighted by Crippen LogP contribution is 2.31. The number of oxime groups is 1. The third-order valence-corrected chi connectivity index (χ3v) is 4.06. The number of hydrogen-bond donors (Lipinski definition) is 2. The second-order valence-electron chi connectivity index (χ2n) is 4.48. The summed E-state index contributed by atoms with van der Waals surface area (Å²) < 4.78 is 5.19. The minimum Gasteiger partial charge on any atom is -0.409 e. The maximum absolute atomic E-state index is 9.04. The number of benzene rings is 1. The Morgan fingerprint density at radius 1 is 1.55 bits per heavy atom. The zero-order valence-corrected chi connectivity index (χ0v) is 13.3. The van der Waals surface area contributed by atoms with Gasteiger partial charge in [0.25, 0.3) is 0 Å². The lowest BCUT2D eigenvalue weighted by Crippen LogP contribution is -2.34. The molecule has 1 aromatic carbocycles. The predicted octanol–water partition coefficient (Wildman–Crippen LogP) is 2.36. The van der Waals surface area contributed by atoms with Gasteiger partial charge in [0, 0.05) is 30.8 Å². The van der Waals surface area contributed by atoms with Gasteiger partial charge in [-0.05, 0) is 24.8 Å². The lowest BCUT2D eigenvalue weighted by atomic mass is 10.1. The average molecular weight is 297 g/mol. The summed E-state index contributed by atoms with van der Waals surface area (Å²) >= 11 is 1.67. The molecule has 5 nitrogen and oxygen atoms in total. The molecule has 0 saturated carbocycles. The second-order valence-corrected chi connectivity index (χ2v) is 5.79. The summed E-state index contributed by atoms with van der Waals surface area (Å²) in [6.07, 6.45) is 0. The van der Waals surface area contributed by atoms with E-state index < -0.39 is 0 Å². The highest BCUT2D eigenvalue weighted by Gasteiger charge is 2.19. The zero-order chi connectivity index (χ0) is 15.1. The third-order valence-electron chi connectivity index (χ3n) is 3.12. The Kier molecular flexibility index (Phi) is 6.67. The molecule has 0 aliphatic carbocycles. The van der Waals surface area contributed by atoms with Gasteiger partial charge in [-0.3, -0.25) is 0 Å². The molecule has 6 heteroatoms. The molecule has 0 heterocycles. The molecule has 0 bridgehead atoms. The summed E-state index contributed by atoms with van der Waals surface area (Å²) in [5.74, 6) is 1.06. The maximum Gasteiger partial charge on any atom is 0.173 e. The number of nitrogens with two attached hydrogens (primary N) is 1. The molecule has 0 aromatic heterocycles. The van der Waals surface area contributed by atoms with Crippen LogP contribution in [0.15, 0.2) is 28.3 Å². The molecule has 3 N–H and O–H groups in total. The number of ether oxygens (including phenoxy) is 1. The van der Waals surface area contributed by atoms with Crippen LogP contribution < -0.4 is 10.6 Å². The fourth-order valence-electron chi connectivity index (χ4n) is 1.99. The van der Waals surface area contributed by atoms with E-state index in [1.165, 1.54) is 0 Å². The lowest BCUT2D eigenvalue weighted by Gasteiger charge is -2.29. The van der Waals surface area contributed by atoms with E-state index in [-0.39, 0.29) is 11.9 Å². The predicted molar refractivity (Wildman–Crippen MR) is 85.1 cm³/mol. The SMILES string of the molecule is CCSc1cccc(N(C)C(C)COC)c1/C(N)=N/O. The topological polar surface area (TPSA) is 71.1 Å². The average Bonchev–Trinajstić information content (AvgIpc) is 2.46. The molecule has 1 aromatic rings. The molecule has 0 saturated heterocycles. The van der Waals surface area contributed by atoms with Crippen LogP contribution in [0.1, 0.15) is 19.4 Å². The molecule has 0 radical (unpaired) electrons. The Hall–Kier alpha value is -1.40. The first-order valence-electron chi connectivity index (χ1n) is 6.52. The van der Waals surface area contributed by atoms with Gasteiger partial charge in [0.1, 0.15) is 0 Å². The van der Waals surface area contributed by atoms with Gasteiger partial charge in [0.15, 0.2) is 5.84 Å². The minimum atomic E-state index is 0.132. The molecule has 0 aliphatic heterocycles. The Morgan fingerprint density at radius 3 is 2.80 bits per heavy atom. The van der Waals surface area contributed by atoms with E-state index in [9.17, 15) is 0 Å². The van der Waals surface area contributed by atoms with Gasteiger partial charge < -0.3 is 20.6 Å². The zero-order valence-electron chi connectivity index (χ0n) is 12.5. The Balaban J connectivity index is 3.27. The molecule has 0 spiro atoms. The van der Waals surface area contributed by atoms with Gasteiger partial charge in [-0.15, -0.1) is 11.8 Å². The summed E-state index contributed by atoms with van der Waals surface area (Å²) in [5, 5.41) is 12.2. The van der Waals surface area contributed by atoms with Crippen LogP contribution in [-0.4, -0.2) is 43.6 Å². The molecule has 112 valence electrons. The van der Waals surface area contributed by atoms with Crippen molar-refractivity contribution >= 4 is 23.3 Å². The number of amidine groups is 1. The number of anilines is 1. The van der Waals surface area contributed by atoms with Gasteiger partial charge in [0.2, 0.25) is 0 Å². The number of methoxy groups -OCH3 is 1. The quantitative estimate of drug-likeness (QED) is 0.266. The Bertz CT molecular complexity index is 466. The van der Waals surface area contributed by atoms with Crippen molar-refractivity contribution in [1.82, 2.24) is 0 Å². The van der Waals surface area contributed by atoms with Gasteiger partial charge >= 0.3 is 0 Å². The van der Waals surface area contributed by atoms with E-state index in [1.54, 1.807) is 18.9 Å². The van der Waals surface area contributed by atoms with E-state index in [1.807, 2.05) is 25.2 Å². The van der Waals surface area contributed by atoms with E-state index in [0.717, 1.165) is 21.9 Å².